The van der Waals surface area contributed by atoms with Gasteiger partial charge in [-0.2, -0.15) is 12.0 Å². The molecule has 0 spiro atoms. The molecule has 0 aliphatic heterocycles. The normalized spacial score (nSPS) is 8.20. The summed E-state index contributed by atoms with van der Waals surface area (Å²) >= 11 is 0. The second-order valence-electron chi connectivity index (χ2n) is 2.21. The van der Waals surface area contributed by atoms with Gasteiger partial charge in [0.05, 0.1) is 0 Å². The Hall–Kier alpha value is -0.383. The molecule has 0 aromatic carbocycles. The van der Waals surface area contributed by atoms with Crippen molar-refractivity contribution in [1.29, 1.82) is 0 Å². The third-order valence-corrected chi connectivity index (χ3v) is 1.18. The summed E-state index contributed by atoms with van der Waals surface area (Å²) in [5.74, 6) is 1.26. The van der Waals surface area contributed by atoms with Crippen LogP contribution in [0.25, 0.3) is 0 Å². The first-order valence-corrected chi connectivity index (χ1v) is 3.02. The second kappa shape index (κ2) is 4.44. The Balaban J connectivity index is 0.000000810. The summed E-state index contributed by atoms with van der Waals surface area (Å²) in [6, 6.07) is 5.93. The summed E-state index contributed by atoms with van der Waals surface area (Å²) in [5.41, 5.74) is 1.08. The first kappa shape index (κ1) is 9.62. The Morgan fingerprint density at radius 3 is 2.30 bits per heavy atom. The van der Waals surface area contributed by atoms with Crippen LogP contribution in [-0.2, 0) is 0 Å². The fourth-order valence-corrected chi connectivity index (χ4v) is 0.659. The molecule has 0 saturated heterocycles. The number of hydrogen-bond acceptors (Lipinski definition) is 1. The van der Waals surface area contributed by atoms with Crippen LogP contribution in [-0.4, -0.2) is 4.98 Å². The van der Waals surface area contributed by atoms with Crippen molar-refractivity contribution < 1.29 is 18.9 Å². The van der Waals surface area contributed by atoms with Gasteiger partial charge >= 0.3 is 18.9 Å². The molecule has 0 bridgehead atoms. The molecule has 1 nitrogen and oxygen atoms in total. The molecule has 0 unspecified atom stereocenters. The molecule has 1 aromatic heterocycles. The first-order valence-electron chi connectivity index (χ1n) is 3.02. The number of pyridine rings is 1. The molecule has 10 heavy (non-hydrogen) atoms. The summed E-state index contributed by atoms with van der Waals surface area (Å²) in [5, 5.41) is 0. The Labute approximate surface area is 74.0 Å². The molecule has 0 aliphatic carbocycles. The number of rotatable bonds is 1. The van der Waals surface area contributed by atoms with Crippen LogP contribution in [0.4, 0.5) is 0 Å². The van der Waals surface area contributed by atoms with Crippen LogP contribution >= 0.6 is 0 Å². The monoisotopic (exact) mass is 127 g/mol. The molecule has 1 aromatic rings. The topological polar surface area (TPSA) is 12.9 Å². The van der Waals surface area contributed by atoms with E-state index >= 15 is 0 Å². The van der Waals surface area contributed by atoms with Gasteiger partial charge < -0.3 is 0 Å². The van der Waals surface area contributed by atoms with Crippen LogP contribution in [0.1, 0.15) is 19.5 Å². The van der Waals surface area contributed by atoms with E-state index in [2.05, 4.69) is 18.8 Å². The van der Waals surface area contributed by atoms with Crippen molar-refractivity contribution in [2.24, 2.45) is 0 Å². The Morgan fingerprint density at radius 2 is 2.00 bits per heavy atom. The summed E-state index contributed by atoms with van der Waals surface area (Å²) in [6.07, 6.45) is 1.81. The minimum absolute atomic E-state index is 0. The number of hydrogen-bond donors (Lipinski definition) is 0. The van der Waals surface area contributed by atoms with Gasteiger partial charge in [0.25, 0.3) is 0 Å². The van der Waals surface area contributed by atoms with E-state index in [4.69, 9.17) is 0 Å². The SMILES string of the molecule is C[C-](C)c1ccccn1.[Li+]. The zero-order valence-electron chi connectivity index (χ0n) is 6.76. The van der Waals surface area contributed by atoms with Gasteiger partial charge in [0.1, 0.15) is 0 Å². The molecule has 0 atom stereocenters. The van der Waals surface area contributed by atoms with Gasteiger partial charge in [-0.25, -0.2) is 0 Å². The molecule has 0 amide bonds. The van der Waals surface area contributed by atoms with Crippen molar-refractivity contribution in [3.63, 3.8) is 0 Å². The average molecular weight is 127 g/mol. The van der Waals surface area contributed by atoms with Crippen LogP contribution in [0.3, 0.4) is 0 Å². The maximum Gasteiger partial charge on any atom is 1.00 e. The molecule has 0 fully saturated rings. The predicted molar refractivity (Wildman–Crippen MR) is 37.9 cm³/mol. The molecular weight excluding hydrogens is 117 g/mol. The number of aromatic nitrogens is 1. The first-order chi connectivity index (χ1) is 4.30. The minimum atomic E-state index is 0. The van der Waals surface area contributed by atoms with E-state index in [9.17, 15) is 0 Å². The van der Waals surface area contributed by atoms with Gasteiger partial charge in [-0.05, 0) is 0 Å². The Kier molecular flexibility index (Phi) is 4.27. The van der Waals surface area contributed by atoms with Gasteiger partial charge in [0.15, 0.2) is 0 Å². The van der Waals surface area contributed by atoms with Crippen LogP contribution < -0.4 is 18.9 Å². The van der Waals surface area contributed by atoms with Crippen molar-refractivity contribution in [1.82, 2.24) is 4.98 Å². The Morgan fingerprint density at radius 1 is 1.30 bits per heavy atom. The maximum atomic E-state index is 4.14. The zero-order chi connectivity index (χ0) is 6.69. The van der Waals surface area contributed by atoms with E-state index in [1.54, 1.807) is 0 Å². The van der Waals surface area contributed by atoms with E-state index in [0.717, 1.165) is 5.69 Å². The van der Waals surface area contributed by atoms with Gasteiger partial charge in [0.2, 0.25) is 0 Å². The van der Waals surface area contributed by atoms with E-state index in [0.29, 0.717) is 0 Å². The third-order valence-electron chi connectivity index (χ3n) is 1.18. The standard InChI is InChI=1S/C8H10N.Li/c1-7(2)8-5-3-4-6-9-8;/h3-6H,1-2H3;/q-1;+1. The predicted octanol–water partition coefficient (Wildman–Crippen LogP) is -0.952. The van der Waals surface area contributed by atoms with Crippen LogP contribution in [0.5, 0.6) is 0 Å². The van der Waals surface area contributed by atoms with Gasteiger partial charge in [-0.15, -0.1) is 19.9 Å². The minimum Gasteiger partial charge on any atom is -0.295 e. The summed E-state index contributed by atoms with van der Waals surface area (Å²) in [7, 11) is 0. The van der Waals surface area contributed by atoms with Gasteiger partial charge in [-0.1, -0.05) is 11.8 Å². The molecule has 0 N–H and O–H groups in total. The quantitative estimate of drug-likeness (QED) is 0.350. The fraction of sp³-hybridized carbons (Fsp3) is 0.250. The summed E-state index contributed by atoms with van der Waals surface area (Å²) in [6.45, 7) is 4.12. The van der Waals surface area contributed by atoms with Gasteiger partial charge in [0, 0.05) is 6.20 Å². The average Bonchev–Trinajstić information content (AvgIpc) is 1.90. The summed E-state index contributed by atoms with van der Waals surface area (Å²) in [4.78, 5) is 4.14. The van der Waals surface area contributed by atoms with Crippen molar-refractivity contribution in [3.8, 4) is 0 Å². The van der Waals surface area contributed by atoms with Crippen LogP contribution in [0.2, 0.25) is 0 Å². The van der Waals surface area contributed by atoms with Crippen molar-refractivity contribution in [2.45, 2.75) is 13.8 Å². The molecule has 0 saturated carbocycles. The van der Waals surface area contributed by atoms with Crippen molar-refractivity contribution >= 4 is 0 Å². The summed E-state index contributed by atoms with van der Waals surface area (Å²) < 4.78 is 0. The molecule has 2 heteroatoms. The van der Waals surface area contributed by atoms with Crippen molar-refractivity contribution in [3.05, 3.63) is 36.0 Å². The molecule has 1 heterocycles. The largest absolute Gasteiger partial charge is 1.00 e. The Bertz CT molecular complexity index is 172. The molecule has 0 aliphatic rings. The molecular formula is C8H10LiN. The fourth-order valence-electron chi connectivity index (χ4n) is 0.659. The smallest absolute Gasteiger partial charge is 0.295 e. The zero-order valence-corrected chi connectivity index (χ0v) is 6.76. The van der Waals surface area contributed by atoms with E-state index < -0.39 is 0 Å². The van der Waals surface area contributed by atoms with E-state index in [1.165, 1.54) is 5.92 Å². The maximum absolute atomic E-state index is 4.14. The van der Waals surface area contributed by atoms with E-state index in [1.807, 2.05) is 24.4 Å². The van der Waals surface area contributed by atoms with Crippen LogP contribution in [0.15, 0.2) is 24.4 Å². The molecule has 1 rings (SSSR count). The van der Waals surface area contributed by atoms with Crippen molar-refractivity contribution in [2.75, 3.05) is 0 Å². The third kappa shape index (κ3) is 2.47. The van der Waals surface area contributed by atoms with Gasteiger partial charge in [-0.3, -0.25) is 4.98 Å². The molecule has 0 radical (unpaired) electrons. The number of nitrogens with zero attached hydrogens (tertiary/aromatic N) is 1. The van der Waals surface area contributed by atoms with E-state index in [-0.39, 0.29) is 18.9 Å². The second-order valence-corrected chi connectivity index (χ2v) is 2.21. The molecule has 48 valence electrons. The van der Waals surface area contributed by atoms with Crippen LogP contribution in [0, 0.1) is 5.92 Å².